The smallest absolute Gasteiger partial charge is 0.153 e. The van der Waals surface area contributed by atoms with Crippen molar-refractivity contribution in [2.75, 3.05) is 0 Å². The molecule has 2 unspecified atom stereocenters. The fourth-order valence-electron chi connectivity index (χ4n) is 5.82. The summed E-state index contributed by atoms with van der Waals surface area (Å²) in [5, 5.41) is 0. The van der Waals surface area contributed by atoms with E-state index in [1.165, 1.54) is 25.7 Å². The zero-order valence-electron chi connectivity index (χ0n) is 30.1. The lowest BCUT2D eigenvalue weighted by atomic mass is 9.72. The predicted octanol–water partition coefficient (Wildman–Crippen LogP) is 12.3. The lowest BCUT2D eigenvalue weighted by Crippen LogP contribution is -2.56. The molecule has 0 amide bonds. The summed E-state index contributed by atoms with van der Waals surface area (Å²) in [5.41, 5.74) is 5.54. The Hall–Kier alpha value is -2.26. The minimum atomic E-state index is -1.08. The quantitative estimate of drug-likeness (QED) is 0.0641. The molecule has 0 aliphatic carbocycles. The summed E-state index contributed by atoms with van der Waals surface area (Å²) in [7, 11) is 0. The van der Waals surface area contributed by atoms with Crippen molar-refractivity contribution in [2.45, 2.75) is 169 Å². The van der Waals surface area contributed by atoms with E-state index in [1.54, 1.807) is 6.92 Å². The number of carbonyl (C=O) groups is 2. The number of allylic oxidation sites excluding steroid dienone is 12. The standard InChI is InChI=1S/C42H71NO2/c1-6-8-10-12-14-16-18-20-22-24-26-28-30-32-34-36-39(44)41(38(3)4)42(5,43)40(45)37-35-33-31-29-27-25-23-21-19-17-15-13-11-9-7-2/h8-11,14-17,20-23,38,41H,6-7,12-13,18-19,24-37,43H2,1-5H3/b10-8-,11-9-,16-14-,17-15-,22-20-,23-21-. The highest BCUT2D eigenvalue weighted by atomic mass is 16.1. The van der Waals surface area contributed by atoms with Crippen LogP contribution in [0, 0.1) is 11.8 Å². The highest BCUT2D eigenvalue weighted by molar-refractivity contribution is 5.95. The molecule has 0 bridgehead atoms. The van der Waals surface area contributed by atoms with Gasteiger partial charge in [0.2, 0.25) is 0 Å². The molecular weight excluding hydrogens is 550 g/mol. The number of hydrogen-bond donors (Lipinski definition) is 1. The number of nitrogens with two attached hydrogens (primary N) is 1. The Morgan fingerprint density at radius 1 is 0.533 bits per heavy atom. The van der Waals surface area contributed by atoms with Gasteiger partial charge in [-0.1, -0.05) is 139 Å². The topological polar surface area (TPSA) is 60.2 Å². The van der Waals surface area contributed by atoms with E-state index in [0.717, 1.165) is 89.9 Å². The second-order valence-corrected chi connectivity index (χ2v) is 13.1. The van der Waals surface area contributed by atoms with Gasteiger partial charge in [-0.3, -0.25) is 9.59 Å². The third-order valence-electron chi connectivity index (χ3n) is 8.39. The lowest BCUT2D eigenvalue weighted by molar-refractivity contribution is -0.135. The van der Waals surface area contributed by atoms with Crippen molar-refractivity contribution in [3.05, 3.63) is 72.9 Å². The fraction of sp³-hybridized carbons (Fsp3) is 0.667. The number of Topliss-reactive ketones (excluding diaryl/α,β-unsaturated/α-hetero) is 2. The van der Waals surface area contributed by atoms with Gasteiger partial charge in [0.15, 0.2) is 5.78 Å². The van der Waals surface area contributed by atoms with Crippen LogP contribution in [0.4, 0.5) is 0 Å². The van der Waals surface area contributed by atoms with Gasteiger partial charge < -0.3 is 5.73 Å². The van der Waals surface area contributed by atoms with Crippen LogP contribution in [0.25, 0.3) is 0 Å². The van der Waals surface area contributed by atoms with Crippen molar-refractivity contribution in [1.29, 1.82) is 0 Å². The second kappa shape index (κ2) is 30.4. The van der Waals surface area contributed by atoms with E-state index in [-0.39, 0.29) is 17.5 Å². The summed E-state index contributed by atoms with van der Waals surface area (Å²) < 4.78 is 0. The molecule has 3 nitrogen and oxygen atoms in total. The number of carbonyl (C=O) groups excluding carboxylic acids is 2. The Kier molecular flexibility index (Phi) is 28.9. The maximum absolute atomic E-state index is 13.2. The fourth-order valence-corrected chi connectivity index (χ4v) is 5.82. The minimum absolute atomic E-state index is 0.0487. The molecule has 0 aromatic rings. The van der Waals surface area contributed by atoms with Crippen LogP contribution in [0.2, 0.25) is 0 Å². The summed E-state index contributed by atoms with van der Waals surface area (Å²) in [6.07, 6.45) is 47.3. The Morgan fingerprint density at radius 3 is 1.31 bits per heavy atom. The van der Waals surface area contributed by atoms with Gasteiger partial charge in [0, 0.05) is 18.8 Å². The van der Waals surface area contributed by atoms with E-state index in [0.29, 0.717) is 12.8 Å². The van der Waals surface area contributed by atoms with Crippen LogP contribution in [-0.4, -0.2) is 17.1 Å². The molecule has 0 spiro atoms. The third-order valence-corrected chi connectivity index (χ3v) is 8.39. The first-order valence-corrected chi connectivity index (χ1v) is 18.5. The average molecular weight is 622 g/mol. The number of hydrogen-bond acceptors (Lipinski definition) is 3. The van der Waals surface area contributed by atoms with Gasteiger partial charge >= 0.3 is 0 Å². The lowest BCUT2D eigenvalue weighted by Gasteiger charge is -2.35. The van der Waals surface area contributed by atoms with Crippen LogP contribution in [0.3, 0.4) is 0 Å². The minimum Gasteiger partial charge on any atom is -0.319 e. The van der Waals surface area contributed by atoms with E-state index >= 15 is 0 Å². The molecule has 0 rings (SSSR count). The van der Waals surface area contributed by atoms with Crippen LogP contribution < -0.4 is 5.73 Å². The van der Waals surface area contributed by atoms with E-state index in [9.17, 15) is 9.59 Å². The maximum atomic E-state index is 13.2. The third kappa shape index (κ3) is 24.6. The summed E-state index contributed by atoms with van der Waals surface area (Å²) in [6.45, 7) is 10.2. The van der Waals surface area contributed by atoms with Gasteiger partial charge in [-0.05, 0) is 89.9 Å². The molecule has 0 fully saturated rings. The van der Waals surface area contributed by atoms with Gasteiger partial charge in [0.1, 0.15) is 5.78 Å². The van der Waals surface area contributed by atoms with E-state index in [4.69, 9.17) is 5.73 Å². The Bertz CT molecular complexity index is 900. The summed E-state index contributed by atoms with van der Waals surface area (Å²) in [6, 6.07) is 0. The molecule has 3 heteroatoms. The molecule has 0 aromatic carbocycles. The van der Waals surface area contributed by atoms with Crippen molar-refractivity contribution in [2.24, 2.45) is 17.6 Å². The van der Waals surface area contributed by atoms with Gasteiger partial charge in [-0.25, -0.2) is 0 Å². The number of ketones is 2. The molecule has 45 heavy (non-hydrogen) atoms. The average Bonchev–Trinajstić information content (AvgIpc) is 3.00. The molecule has 0 saturated carbocycles. The van der Waals surface area contributed by atoms with Gasteiger partial charge in [-0.2, -0.15) is 0 Å². The molecule has 0 aliphatic rings. The molecular formula is C42H71NO2. The first kappa shape index (κ1) is 42.7. The van der Waals surface area contributed by atoms with E-state index in [2.05, 4.69) is 86.8 Å². The molecule has 0 saturated heterocycles. The number of unbranched alkanes of at least 4 members (excludes halogenated alkanes) is 10. The molecule has 0 radical (unpaired) electrons. The van der Waals surface area contributed by atoms with Crippen molar-refractivity contribution < 1.29 is 9.59 Å². The van der Waals surface area contributed by atoms with Crippen molar-refractivity contribution in [3.63, 3.8) is 0 Å². The Balaban J connectivity index is 4.13. The number of rotatable bonds is 30. The largest absolute Gasteiger partial charge is 0.319 e. The predicted molar refractivity (Wildman–Crippen MR) is 199 cm³/mol. The Morgan fingerprint density at radius 2 is 0.889 bits per heavy atom. The second-order valence-electron chi connectivity index (χ2n) is 13.1. The first-order chi connectivity index (χ1) is 21.8. The zero-order chi connectivity index (χ0) is 33.4. The summed E-state index contributed by atoms with van der Waals surface area (Å²) >= 11 is 0. The molecule has 0 aliphatic heterocycles. The summed E-state index contributed by atoms with van der Waals surface area (Å²) in [5.74, 6) is -0.123. The molecule has 0 aromatic heterocycles. The van der Waals surface area contributed by atoms with Crippen molar-refractivity contribution in [3.8, 4) is 0 Å². The van der Waals surface area contributed by atoms with Crippen molar-refractivity contribution in [1.82, 2.24) is 0 Å². The Labute approximate surface area is 279 Å². The SMILES string of the molecule is CC/C=C\C/C=C\C/C=C\CCCCCCCC(=O)C(C(C)C)C(C)(N)C(=O)CCCCCCC/C=C\C/C=C\C/C=C\CC. The van der Waals surface area contributed by atoms with Gasteiger partial charge in [0.25, 0.3) is 0 Å². The molecule has 0 heterocycles. The van der Waals surface area contributed by atoms with Crippen LogP contribution in [0.5, 0.6) is 0 Å². The van der Waals surface area contributed by atoms with Gasteiger partial charge in [0.05, 0.1) is 5.54 Å². The van der Waals surface area contributed by atoms with Crippen LogP contribution in [-0.2, 0) is 9.59 Å². The molecule has 256 valence electrons. The van der Waals surface area contributed by atoms with E-state index < -0.39 is 11.5 Å². The highest BCUT2D eigenvalue weighted by Crippen LogP contribution is 2.29. The van der Waals surface area contributed by atoms with Crippen LogP contribution in [0.1, 0.15) is 163 Å². The maximum Gasteiger partial charge on any atom is 0.153 e. The first-order valence-electron chi connectivity index (χ1n) is 18.5. The van der Waals surface area contributed by atoms with Crippen LogP contribution >= 0.6 is 0 Å². The monoisotopic (exact) mass is 622 g/mol. The zero-order valence-corrected chi connectivity index (χ0v) is 30.1. The van der Waals surface area contributed by atoms with E-state index in [1.807, 2.05) is 13.8 Å². The normalized spacial score (nSPS) is 14.8. The molecule has 2 N–H and O–H groups in total. The van der Waals surface area contributed by atoms with Crippen LogP contribution in [0.15, 0.2) is 72.9 Å². The highest BCUT2D eigenvalue weighted by Gasteiger charge is 2.42. The van der Waals surface area contributed by atoms with Crippen molar-refractivity contribution >= 4 is 11.6 Å². The summed E-state index contributed by atoms with van der Waals surface area (Å²) in [4.78, 5) is 26.4. The van der Waals surface area contributed by atoms with Gasteiger partial charge in [-0.15, -0.1) is 0 Å². The molecule has 2 atom stereocenters.